The highest BCUT2D eigenvalue weighted by molar-refractivity contribution is 7.90. The SMILES string of the molecule is CN(CCC(=O)Nc1cc(N)ccc1F)CCS(C)(=O)=O. The molecule has 8 heteroatoms. The molecule has 0 saturated carbocycles. The van der Waals surface area contributed by atoms with Crippen molar-refractivity contribution in [3.63, 3.8) is 0 Å². The van der Waals surface area contributed by atoms with Crippen molar-refractivity contribution in [2.45, 2.75) is 6.42 Å². The number of nitrogen functional groups attached to an aromatic ring is 1. The summed E-state index contributed by atoms with van der Waals surface area (Å²) in [5.41, 5.74) is 5.92. The Labute approximate surface area is 124 Å². The normalized spacial score (nSPS) is 11.6. The number of nitrogens with two attached hydrogens (primary N) is 1. The molecule has 0 radical (unpaired) electrons. The van der Waals surface area contributed by atoms with E-state index in [0.29, 0.717) is 18.8 Å². The van der Waals surface area contributed by atoms with E-state index in [9.17, 15) is 17.6 Å². The minimum Gasteiger partial charge on any atom is -0.399 e. The fourth-order valence-corrected chi connectivity index (χ4v) is 2.22. The van der Waals surface area contributed by atoms with E-state index in [-0.39, 0.29) is 23.8 Å². The van der Waals surface area contributed by atoms with Crippen LogP contribution >= 0.6 is 0 Å². The van der Waals surface area contributed by atoms with E-state index in [1.807, 2.05) is 0 Å². The van der Waals surface area contributed by atoms with Gasteiger partial charge in [0.25, 0.3) is 0 Å². The molecule has 0 aliphatic carbocycles. The van der Waals surface area contributed by atoms with Gasteiger partial charge in [-0.15, -0.1) is 0 Å². The van der Waals surface area contributed by atoms with Gasteiger partial charge in [0.2, 0.25) is 5.91 Å². The number of benzene rings is 1. The van der Waals surface area contributed by atoms with E-state index in [2.05, 4.69) is 5.32 Å². The Morgan fingerprint density at radius 1 is 1.38 bits per heavy atom. The highest BCUT2D eigenvalue weighted by Crippen LogP contribution is 2.17. The Balaban J connectivity index is 2.42. The lowest BCUT2D eigenvalue weighted by atomic mass is 10.2. The van der Waals surface area contributed by atoms with Crippen molar-refractivity contribution in [1.29, 1.82) is 0 Å². The summed E-state index contributed by atoms with van der Waals surface area (Å²) in [6.07, 6.45) is 1.30. The van der Waals surface area contributed by atoms with Crippen molar-refractivity contribution in [2.75, 3.05) is 43.2 Å². The summed E-state index contributed by atoms with van der Waals surface area (Å²) in [5.74, 6) is -0.872. The van der Waals surface area contributed by atoms with Crippen molar-refractivity contribution >= 4 is 27.1 Å². The van der Waals surface area contributed by atoms with Gasteiger partial charge in [-0.2, -0.15) is 0 Å². The average molecular weight is 317 g/mol. The lowest BCUT2D eigenvalue weighted by molar-refractivity contribution is -0.116. The number of rotatable bonds is 7. The number of amides is 1. The van der Waals surface area contributed by atoms with Gasteiger partial charge < -0.3 is 16.0 Å². The predicted octanol–water partition coefficient (Wildman–Crippen LogP) is 0.713. The lowest BCUT2D eigenvalue weighted by Crippen LogP contribution is -2.28. The molecule has 21 heavy (non-hydrogen) atoms. The minimum absolute atomic E-state index is 0.0367. The first-order chi connectivity index (χ1) is 9.67. The Hall–Kier alpha value is -1.67. The Bertz CT molecular complexity index is 605. The molecule has 1 aromatic carbocycles. The van der Waals surface area contributed by atoms with E-state index in [0.717, 1.165) is 6.26 Å². The molecule has 0 unspecified atom stereocenters. The molecule has 1 aromatic rings. The van der Waals surface area contributed by atoms with Crippen LogP contribution in [0.15, 0.2) is 18.2 Å². The molecule has 0 spiro atoms. The first-order valence-electron chi connectivity index (χ1n) is 6.38. The summed E-state index contributed by atoms with van der Waals surface area (Å²) in [5, 5.41) is 2.44. The molecule has 0 bridgehead atoms. The molecule has 3 N–H and O–H groups in total. The van der Waals surface area contributed by atoms with Gasteiger partial charge in [0, 0.05) is 31.5 Å². The molecule has 0 fully saturated rings. The largest absolute Gasteiger partial charge is 0.399 e. The summed E-state index contributed by atoms with van der Waals surface area (Å²) in [4.78, 5) is 13.5. The maximum atomic E-state index is 13.4. The fraction of sp³-hybridized carbons (Fsp3) is 0.462. The highest BCUT2D eigenvalue weighted by atomic mass is 32.2. The van der Waals surface area contributed by atoms with Gasteiger partial charge in [-0.05, 0) is 25.2 Å². The summed E-state index contributed by atoms with van der Waals surface area (Å²) in [6.45, 7) is 0.726. The van der Waals surface area contributed by atoms with Gasteiger partial charge in [-0.3, -0.25) is 4.79 Å². The van der Waals surface area contributed by atoms with E-state index in [1.165, 1.54) is 18.2 Å². The third kappa shape index (κ3) is 7.05. The maximum absolute atomic E-state index is 13.4. The summed E-state index contributed by atoms with van der Waals surface area (Å²) in [6, 6.07) is 3.94. The molecule has 0 aliphatic rings. The molecule has 0 saturated heterocycles. The second-order valence-electron chi connectivity index (χ2n) is 4.97. The molecule has 118 valence electrons. The van der Waals surface area contributed by atoms with Crippen LogP contribution in [0.4, 0.5) is 15.8 Å². The highest BCUT2D eigenvalue weighted by Gasteiger charge is 2.10. The third-order valence-corrected chi connectivity index (χ3v) is 3.75. The lowest BCUT2D eigenvalue weighted by Gasteiger charge is -2.15. The first-order valence-corrected chi connectivity index (χ1v) is 8.44. The van der Waals surface area contributed by atoms with E-state index >= 15 is 0 Å². The van der Waals surface area contributed by atoms with Crippen LogP contribution in [-0.2, 0) is 14.6 Å². The maximum Gasteiger partial charge on any atom is 0.225 e. The standard InChI is InChI=1S/C13H20FN3O3S/c1-17(7-8-21(2,19)20)6-5-13(18)16-12-9-10(15)3-4-11(12)14/h3-4,9H,5-8,15H2,1-2H3,(H,16,18). The second-order valence-corrected chi connectivity index (χ2v) is 7.23. The Kier molecular flexibility index (Phi) is 6.10. The molecule has 0 heterocycles. The number of hydrogen-bond donors (Lipinski definition) is 2. The monoisotopic (exact) mass is 317 g/mol. The summed E-state index contributed by atoms with van der Waals surface area (Å²) >= 11 is 0. The van der Waals surface area contributed by atoms with Crippen LogP contribution in [0.2, 0.25) is 0 Å². The van der Waals surface area contributed by atoms with Crippen molar-refractivity contribution in [3.05, 3.63) is 24.0 Å². The zero-order valence-corrected chi connectivity index (χ0v) is 12.9. The number of carbonyl (C=O) groups is 1. The van der Waals surface area contributed by atoms with Crippen molar-refractivity contribution in [2.24, 2.45) is 0 Å². The number of sulfone groups is 1. The topological polar surface area (TPSA) is 92.5 Å². The zero-order valence-electron chi connectivity index (χ0n) is 12.1. The molecule has 0 aliphatic heterocycles. The number of carbonyl (C=O) groups excluding carboxylic acids is 1. The van der Waals surface area contributed by atoms with E-state index in [4.69, 9.17) is 5.73 Å². The minimum atomic E-state index is -3.02. The molecule has 1 rings (SSSR count). The molecular weight excluding hydrogens is 297 g/mol. The van der Waals surface area contributed by atoms with Crippen LogP contribution < -0.4 is 11.1 Å². The number of nitrogens with zero attached hydrogens (tertiary/aromatic N) is 1. The van der Waals surface area contributed by atoms with Gasteiger partial charge in [-0.25, -0.2) is 12.8 Å². The van der Waals surface area contributed by atoms with Crippen LogP contribution in [0.1, 0.15) is 6.42 Å². The van der Waals surface area contributed by atoms with Crippen molar-refractivity contribution < 1.29 is 17.6 Å². The molecule has 1 amide bonds. The molecule has 0 atom stereocenters. The molecule has 0 aromatic heterocycles. The molecular formula is C13H20FN3O3S. The van der Waals surface area contributed by atoms with Gasteiger partial charge in [0.15, 0.2) is 0 Å². The smallest absolute Gasteiger partial charge is 0.225 e. The van der Waals surface area contributed by atoms with E-state index in [1.54, 1.807) is 11.9 Å². The zero-order chi connectivity index (χ0) is 16.0. The van der Waals surface area contributed by atoms with Gasteiger partial charge >= 0.3 is 0 Å². The van der Waals surface area contributed by atoms with Gasteiger partial charge in [-0.1, -0.05) is 0 Å². The summed E-state index contributed by atoms with van der Waals surface area (Å²) in [7, 11) is -1.30. The summed E-state index contributed by atoms with van der Waals surface area (Å²) < 4.78 is 35.5. The number of nitrogens with one attached hydrogen (secondary N) is 1. The van der Waals surface area contributed by atoms with Crippen LogP contribution in [0.3, 0.4) is 0 Å². The van der Waals surface area contributed by atoms with Gasteiger partial charge in [0.1, 0.15) is 15.7 Å². The number of hydrogen-bond acceptors (Lipinski definition) is 5. The van der Waals surface area contributed by atoms with Crippen molar-refractivity contribution in [3.8, 4) is 0 Å². The number of anilines is 2. The molecule has 6 nitrogen and oxygen atoms in total. The fourth-order valence-electron chi connectivity index (χ4n) is 1.58. The first kappa shape index (κ1) is 17.4. The Morgan fingerprint density at radius 2 is 2.05 bits per heavy atom. The van der Waals surface area contributed by atoms with Crippen LogP contribution in [0.25, 0.3) is 0 Å². The van der Waals surface area contributed by atoms with Crippen LogP contribution in [0.5, 0.6) is 0 Å². The quantitative estimate of drug-likeness (QED) is 0.723. The predicted molar refractivity (Wildman–Crippen MR) is 81.3 cm³/mol. The Morgan fingerprint density at radius 3 is 2.67 bits per heavy atom. The van der Waals surface area contributed by atoms with Crippen LogP contribution in [0, 0.1) is 5.82 Å². The third-order valence-electron chi connectivity index (χ3n) is 2.83. The van der Waals surface area contributed by atoms with Crippen LogP contribution in [-0.4, -0.2) is 51.4 Å². The van der Waals surface area contributed by atoms with Crippen molar-refractivity contribution in [1.82, 2.24) is 4.90 Å². The second kappa shape index (κ2) is 7.37. The van der Waals surface area contributed by atoms with Gasteiger partial charge in [0.05, 0.1) is 11.4 Å². The average Bonchev–Trinajstić information content (AvgIpc) is 2.37. The van der Waals surface area contributed by atoms with E-state index < -0.39 is 15.7 Å². The number of halogens is 1.